The van der Waals surface area contributed by atoms with Crippen LogP contribution in [0.5, 0.6) is 0 Å². The highest BCUT2D eigenvalue weighted by Gasteiger charge is 2.10. The number of rotatable bonds is 1. The molecule has 9 heavy (non-hydrogen) atoms. The van der Waals surface area contributed by atoms with Crippen molar-refractivity contribution < 1.29 is 4.79 Å². The summed E-state index contributed by atoms with van der Waals surface area (Å²) >= 11 is 0. The summed E-state index contributed by atoms with van der Waals surface area (Å²) in [5, 5.41) is 0.259. The summed E-state index contributed by atoms with van der Waals surface area (Å²) in [6.45, 7) is 6.28. The van der Waals surface area contributed by atoms with Gasteiger partial charge in [0.15, 0.2) is 0 Å². The molecule has 3 nitrogen and oxygen atoms in total. The minimum Gasteiger partial charge on any atom is -0.370 e. The molecule has 0 heterocycles. The molecule has 0 fully saturated rings. The number of carbonyl (C=O) groups excluding carboxylic acids is 1. The molecule has 0 spiro atoms. The summed E-state index contributed by atoms with van der Waals surface area (Å²) < 4.78 is 0. The summed E-state index contributed by atoms with van der Waals surface area (Å²) in [5.41, 5.74) is 4.88. The molecule has 0 saturated carbocycles. The largest absolute Gasteiger partial charge is 0.370 e. The second kappa shape index (κ2) is 2.86. The second-order valence-electron chi connectivity index (χ2n) is 3.28. The molecule has 0 unspecified atom stereocenters. The maximum absolute atomic E-state index is 10.2. The van der Waals surface area contributed by atoms with Gasteiger partial charge in [0.25, 0.3) is 0 Å². The van der Waals surface area contributed by atoms with Crippen molar-refractivity contribution >= 4 is 15.7 Å². The smallest absolute Gasteiger partial charge is 0.303 e. The lowest BCUT2D eigenvalue weighted by atomic mass is 10.3. The number of amides is 2. The molecule has 0 bridgehead atoms. The van der Waals surface area contributed by atoms with Crippen LogP contribution in [0.25, 0.3) is 0 Å². The van der Waals surface area contributed by atoms with Crippen LogP contribution >= 0.6 is 0 Å². The Bertz CT molecular complexity index is 108. The SMILES string of the molecule is CC(C)(C)[SiH2]NC(N)=O. The predicted octanol–water partition coefficient (Wildman–Crippen LogP) is -0.0431. The van der Waals surface area contributed by atoms with Crippen LogP contribution in [0.15, 0.2) is 0 Å². The highest BCUT2D eigenvalue weighted by molar-refractivity contribution is 6.40. The molecule has 0 rings (SSSR count). The number of primary amides is 1. The van der Waals surface area contributed by atoms with E-state index in [0.717, 1.165) is 0 Å². The maximum Gasteiger partial charge on any atom is 0.303 e. The van der Waals surface area contributed by atoms with Crippen LogP contribution in [0.1, 0.15) is 20.8 Å². The van der Waals surface area contributed by atoms with Crippen LogP contribution in [0.2, 0.25) is 5.04 Å². The van der Waals surface area contributed by atoms with E-state index in [0.29, 0.717) is 0 Å². The number of carbonyl (C=O) groups is 1. The van der Waals surface area contributed by atoms with Gasteiger partial charge < -0.3 is 10.7 Å². The van der Waals surface area contributed by atoms with Crippen LogP contribution < -0.4 is 10.7 Å². The number of nitrogens with one attached hydrogen (secondary N) is 1. The molecule has 0 aromatic rings. The van der Waals surface area contributed by atoms with Crippen LogP contribution in [-0.2, 0) is 0 Å². The van der Waals surface area contributed by atoms with Crippen molar-refractivity contribution in [1.82, 2.24) is 4.98 Å². The Hall–Kier alpha value is -0.513. The first kappa shape index (κ1) is 8.49. The Kier molecular flexibility index (Phi) is 2.70. The summed E-state index contributed by atoms with van der Waals surface area (Å²) in [4.78, 5) is 12.9. The lowest BCUT2D eigenvalue weighted by molar-refractivity contribution is 0.253. The van der Waals surface area contributed by atoms with E-state index in [1.165, 1.54) is 0 Å². The van der Waals surface area contributed by atoms with Gasteiger partial charge in [-0.3, -0.25) is 4.79 Å². The first-order chi connectivity index (χ1) is 3.92. The summed E-state index contributed by atoms with van der Waals surface area (Å²) in [7, 11) is -0.522. The minimum atomic E-state index is -0.522. The normalized spacial score (nSPS) is 12.3. The molecule has 0 atom stereocenters. The highest BCUT2D eigenvalue weighted by Crippen LogP contribution is 2.17. The van der Waals surface area contributed by atoms with Crippen molar-refractivity contribution in [3.05, 3.63) is 0 Å². The molecule has 0 aromatic heterocycles. The Morgan fingerprint density at radius 1 is 1.56 bits per heavy atom. The molecule has 0 aliphatic carbocycles. The number of hydrogen-bond donors (Lipinski definition) is 2. The van der Waals surface area contributed by atoms with Crippen molar-refractivity contribution in [3.63, 3.8) is 0 Å². The van der Waals surface area contributed by atoms with Gasteiger partial charge in [-0.05, 0) is 5.04 Å². The third-order valence-electron chi connectivity index (χ3n) is 0.793. The van der Waals surface area contributed by atoms with Crippen molar-refractivity contribution in [2.24, 2.45) is 5.73 Å². The Labute approximate surface area is 57.9 Å². The fraction of sp³-hybridized carbons (Fsp3) is 0.800. The number of urea groups is 1. The lowest BCUT2D eigenvalue weighted by Crippen LogP contribution is -2.36. The topological polar surface area (TPSA) is 55.1 Å². The van der Waals surface area contributed by atoms with Crippen LogP contribution in [0.3, 0.4) is 0 Å². The van der Waals surface area contributed by atoms with E-state index in [9.17, 15) is 4.79 Å². The van der Waals surface area contributed by atoms with Gasteiger partial charge in [0.1, 0.15) is 9.68 Å². The molecular weight excluding hydrogens is 132 g/mol. The van der Waals surface area contributed by atoms with Crippen LogP contribution in [-0.4, -0.2) is 15.7 Å². The van der Waals surface area contributed by atoms with Crippen LogP contribution in [0, 0.1) is 0 Å². The molecule has 0 aromatic carbocycles. The second-order valence-corrected chi connectivity index (χ2v) is 6.11. The van der Waals surface area contributed by atoms with Gasteiger partial charge >= 0.3 is 6.03 Å². The fourth-order valence-electron chi connectivity index (χ4n) is 0.352. The van der Waals surface area contributed by atoms with Gasteiger partial charge in [0.05, 0.1) is 0 Å². The molecule has 0 saturated heterocycles. The van der Waals surface area contributed by atoms with Crippen molar-refractivity contribution in [1.29, 1.82) is 0 Å². The zero-order chi connectivity index (χ0) is 7.49. The first-order valence-corrected chi connectivity index (χ1v) is 4.36. The fourth-order valence-corrected chi connectivity index (χ4v) is 1.06. The molecule has 2 amide bonds. The Balaban J connectivity index is 3.39. The average molecular weight is 146 g/mol. The average Bonchev–Trinajstić information content (AvgIpc) is 1.59. The van der Waals surface area contributed by atoms with Gasteiger partial charge in [0.2, 0.25) is 0 Å². The quantitative estimate of drug-likeness (QED) is 0.501. The molecule has 0 radical (unpaired) electrons. The van der Waals surface area contributed by atoms with E-state index in [4.69, 9.17) is 5.73 Å². The van der Waals surface area contributed by atoms with Crippen LogP contribution in [0.4, 0.5) is 4.79 Å². The zero-order valence-corrected chi connectivity index (χ0v) is 7.61. The summed E-state index contributed by atoms with van der Waals surface area (Å²) in [6.07, 6.45) is 0. The lowest BCUT2D eigenvalue weighted by Gasteiger charge is -2.16. The van der Waals surface area contributed by atoms with E-state index in [1.54, 1.807) is 0 Å². The van der Waals surface area contributed by atoms with Gasteiger partial charge in [-0.25, -0.2) is 0 Å². The van der Waals surface area contributed by atoms with E-state index in [-0.39, 0.29) is 5.04 Å². The van der Waals surface area contributed by atoms with Gasteiger partial charge in [-0.2, -0.15) is 0 Å². The highest BCUT2D eigenvalue weighted by atomic mass is 28.2. The third-order valence-corrected chi connectivity index (χ3v) is 2.38. The first-order valence-electron chi connectivity index (χ1n) is 2.95. The third kappa shape index (κ3) is 7.49. The molecule has 3 N–H and O–H groups in total. The molecular formula is C5H14N2OSi. The van der Waals surface area contributed by atoms with E-state index >= 15 is 0 Å². The molecule has 4 heteroatoms. The van der Waals surface area contributed by atoms with Crippen molar-refractivity contribution in [2.45, 2.75) is 25.8 Å². The Morgan fingerprint density at radius 3 is 2.11 bits per heavy atom. The van der Waals surface area contributed by atoms with Gasteiger partial charge in [-0.1, -0.05) is 20.8 Å². The summed E-state index contributed by atoms with van der Waals surface area (Å²) in [6, 6.07) is -0.392. The number of nitrogens with two attached hydrogens (primary N) is 1. The maximum atomic E-state index is 10.2. The predicted molar refractivity (Wildman–Crippen MR) is 41.0 cm³/mol. The standard InChI is InChI=1S/C5H14N2OSi/c1-5(2,3)9-7-4(6)8/h9H2,1-3H3,(H3,6,7,8). The van der Waals surface area contributed by atoms with E-state index in [2.05, 4.69) is 25.8 Å². The van der Waals surface area contributed by atoms with Crippen molar-refractivity contribution in [2.75, 3.05) is 0 Å². The molecule has 0 aliphatic rings. The summed E-state index contributed by atoms with van der Waals surface area (Å²) in [5.74, 6) is 0. The monoisotopic (exact) mass is 146 g/mol. The van der Waals surface area contributed by atoms with Crippen molar-refractivity contribution in [3.8, 4) is 0 Å². The van der Waals surface area contributed by atoms with E-state index in [1.807, 2.05) is 0 Å². The van der Waals surface area contributed by atoms with E-state index < -0.39 is 15.7 Å². The Morgan fingerprint density at radius 2 is 2.00 bits per heavy atom. The minimum absolute atomic E-state index is 0.259. The zero-order valence-electron chi connectivity index (χ0n) is 6.19. The molecule has 54 valence electrons. The number of hydrogen-bond acceptors (Lipinski definition) is 1. The van der Waals surface area contributed by atoms with Gasteiger partial charge in [-0.15, -0.1) is 0 Å². The molecule has 0 aliphatic heterocycles. The van der Waals surface area contributed by atoms with Gasteiger partial charge in [0, 0.05) is 0 Å².